The van der Waals surface area contributed by atoms with Gasteiger partial charge in [0.15, 0.2) is 9.84 Å². The van der Waals surface area contributed by atoms with Gasteiger partial charge in [-0.1, -0.05) is 41.9 Å². The SMILES string of the molecule is O=C(NCc1cccc(-c2ccc(C(F)(F)F)cc2)c1)C1(NCCS(=O)(=O)c2ccc(Cl)s2)CC1. The number of rotatable bonds is 9. The molecule has 0 radical (unpaired) electrons. The van der Waals surface area contributed by atoms with Crippen molar-refractivity contribution in [2.75, 3.05) is 12.3 Å². The molecule has 2 N–H and O–H groups in total. The minimum Gasteiger partial charge on any atom is -0.350 e. The quantitative estimate of drug-likeness (QED) is 0.385. The first kappa shape index (κ1) is 25.7. The number of benzene rings is 2. The minimum atomic E-state index is -4.39. The van der Waals surface area contributed by atoms with E-state index in [1.165, 1.54) is 24.3 Å². The second-order valence-corrected chi connectivity index (χ2v) is 12.4. The molecular formula is C24H22ClF3N2O3S2. The Balaban J connectivity index is 1.32. The second kappa shape index (κ2) is 9.93. The Bertz CT molecular complexity index is 1320. The highest BCUT2D eigenvalue weighted by atomic mass is 35.5. The zero-order chi connectivity index (χ0) is 25.3. The Kier molecular flexibility index (Phi) is 7.28. The van der Waals surface area contributed by atoms with Gasteiger partial charge in [0.1, 0.15) is 4.21 Å². The van der Waals surface area contributed by atoms with Crippen LogP contribution in [0.3, 0.4) is 0 Å². The van der Waals surface area contributed by atoms with Crippen LogP contribution in [0.2, 0.25) is 4.34 Å². The molecule has 0 bridgehead atoms. The fourth-order valence-corrected chi connectivity index (χ4v) is 6.45. The van der Waals surface area contributed by atoms with E-state index in [2.05, 4.69) is 10.6 Å². The highest BCUT2D eigenvalue weighted by Crippen LogP contribution is 2.36. The monoisotopic (exact) mass is 542 g/mol. The number of nitrogens with one attached hydrogen (secondary N) is 2. The summed E-state index contributed by atoms with van der Waals surface area (Å²) < 4.78 is 63.8. The van der Waals surface area contributed by atoms with Crippen molar-refractivity contribution in [2.24, 2.45) is 0 Å². The van der Waals surface area contributed by atoms with Gasteiger partial charge < -0.3 is 10.6 Å². The molecule has 0 atom stereocenters. The summed E-state index contributed by atoms with van der Waals surface area (Å²) in [6.07, 6.45) is -3.18. The van der Waals surface area contributed by atoms with Crippen LogP contribution in [0.4, 0.5) is 13.2 Å². The average molecular weight is 543 g/mol. The van der Waals surface area contributed by atoms with Crippen LogP contribution in [0.15, 0.2) is 64.9 Å². The van der Waals surface area contributed by atoms with Gasteiger partial charge in [-0.15, -0.1) is 11.3 Å². The third-order valence-electron chi connectivity index (χ3n) is 5.80. The Morgan fingerprint density at radius 2 is 1.74 bits per heavy atom. The maximum Gasteiger partial charge on any atom is 0.416 e. The van der Waals surface area contributed by atoms with Crippen LogP contribution in [-0.4, -0.2) is 32.2 Å². The second-order valence-electron chi connectivity index (χ2n) is 8.34. The molecule has 5 nitrogen and oxygen atoms in total. The summed E-state index contributed by atoms with van der Waals surface area (Å²) in [4.78, 5) is 12.8. The summed E-state index contributed by atoms with van der Waals surface area (Å²) >= 11 is 6.82. The summed E-state index contributed by atoms with van der Waals surface area (Å²) in [6.45, 7) is 0.372. The van der Waals surface area contributed by atoms with Crippen molar-refractivity contribution in [3.63, 3.8) is 0 Å². The third-order valence-corrected chi connectivity index (χ3v) is 9.33. The van der Waals surface area contributed by atoms with E-state index in [0.717, 1.165) is 34.6 Å². The van der Waals surface area contributed by atoms with Crippen molar-refractivity contribution < 1.29 is 26.4 Å². The maximum atomic E-state index is 12.8. The van der Waals surface area contributed by atoms with Gasteiger partial charge in [-0.25, -0.2) is 8.42 Å². The first-order chi connectivity index (χ1) is 16.5. The number of carbonyl (C=O) groups is 1. The van der Waals surface area contributed by atoms with E-state index >= 15 is 0 Å². The van der Waals surface area contributed by atoms with Crippen LogP contribution in [0.25, 0.3) is 11.1 Å². The molecule has 186 valence electrons. The van der Waals surface area contributed by atoms with Crippen molar-refractivity contribution in [3.8, 4) is 11.1 Å². The highest BCUT2D eigenvalue weighted by Gasteiger charge is 2.49. The standard InChI is InChI=1S/C24H22ClF3N2O3S2/c25-20-8-9-21(34-20)35(32,33)13-12-30-23(10-11-23)22(31)29-15-16-2-1-3-18(14-16)17-4-6-19(7-5-17)24(26,27)28/h1-9,14,30H,10-13,15H2,(H,29,31). The molecule has 1 amide bonds. The van der Waals surface area contributed by atoms with Crippen LogP contribution >= 0.6 is 22.9 Å². The molecule has 0 aliphatic heterocycles. The Labute approximate surface area is 210 Å². The smallest absolute Gasteiger partial charge is 0.350 e. The zero-order valence-corrected chi connectivity index (χ0v) is 20.8. The van der Waals surface area contributed by atoms with E-state index in [1.807, 2.05) is 12.1 Å². The number of thiophene rings is 1. The predicted molar refractivity (Wildman–Crippen MR) is 130 cm³/mol. The fourth-order valence-electron chi connectivity index (χ4n) is 3.66. The number of hydrogen-bond acceptors (Lipinski definition) is 5. The largest absolute Gasteiger partial charge is 0.416 e. The topological polar surface area (TPSA) is 75.3 Å². The molecular weight excluding hydrogens is 521 g/mol. The summed E-state index contributed by atoms with van der Waals surface area (Å²) in [6, 6.07) is 15.1. The van der Waals surface area contributed by atoms with Crippen molar-refractivity contribution in [2.45, 2.75) is 35.3 Å². The molecule has 4 rings (SSSR count). The number of carbonyl (C=O) groups excluding carboxylic acids is 1. The molecule has 1 fully saturated rings. The normalized spacial score (nSPS) is 15.1. The van der Waals surface area contributed by atoms with Gasteiger partial charge in [0.2, 0.25) is 5.91 Å². The van der Waals surface area contributed by atoms with E-state index in [0.29, 0.717) is 22.7 Å². The minimum absolute atomic E-state index is 0.134. The van der Waals surface area contributed by atoms with Crippen molar-refractivity contribution >= 4 is 38.7 Å². The first-order valence-electron chi connectivity index (χ1n) is 10.8. The van der Waals surface area contributed by atoms with Gasteiger partial charge in [0, 0.05) is 13.1 Å². The molecule has 1 aliphatic carbocycles. The number of alkyl halides is 3. The molecule has 11 heteroatoms. The first-order valence-corrected chi connectivity index (χ1v) is 13.6. The molecule has 2 aromatic carbocycles. The molecule has 3 aromatic rings. The number of sulfone groups is 1. The zero-order valence-electron chi connectivity index (χ0n) is 18.4. The lowest BCUT2D eigenvalue weighted by Gasteiger charge is -2.17. The van der Waals surface area contributed by atoms with E-state index in [4.69, 9.17) is 11.6 Å². The van der Waals surface area contributed by atoms with E-state index in [-0.39, 0.29) is 29.0 Å². The lowest BCUT2D eigenvalue weighted by Crippen LogP contribution is -2.47. The van der Waals surface area contributed by atoms with Crippen molar-refractivity contribution in [3.05, 3.63) is 76.1 Å². The summed E-state index contributed by atoms with van der Waals surface area (Å²) in [5.41, 5.74) is 0.680. The molecule has 1 heterocycles. The summed E-state index contributed by atoms with van der Waals surface area (Å²) in [7, 11) is -3.48. The fraction of sp³-hybridized carbons (Fsp3) is 0.292. The van der Waals surface area contributed by atoms with E-state index < -0.39 is 27.1 Å². The van der Waals surface area contributed by atoms with Crippen LogP contribution in [0.1, 0.15) is 24.0 Å². The van der Waals surface area contributed by atoms with Crippen LogP contribution in [0.5, 0.6) is 0 Å². The Hall–Kier alpha value is -2.40. The molecule has 0 spiro atoms. The van der Waals surface area contributed by atoms with Crippen molar-refractivity contribution in [1.29, 1.82) is 0 Å². The van der Waals surface area contributed by atoms with Gasteiger partial charge in [-0.2, -0.15) is 13.2 Å². The highest BCUT2D eigenvalue weighted by molar-refractivity contribution is 7.93. The van der Waals surface area contributed by atoms with Gasteiger partial charge in [0.25, 0.3) is 0 Å². The van der Waals surface area contributed by atoms with Crippen LogP contribution in [0, 0.1) is 0 Å². The van der Waals surface area contributed by atoms with Crippen molar-refractivity contribution in [1.82, 2.24) is 10.6 Å². The van der Waals surface area contributed by atoms with E-state index in [1.54, 1.807) is 12.1 Å². The van der Waals surface area contributed by atoms with E-state index in [9.17, 15) is 26.4 Å². The number of halogens is 4. The lowest BCUT2D eigenvalue weighted by atomic mass is 10.0. The molecule has 35 heavy (non-hydrogen) atoms. The molecule has 0 unspecified atom stereocenters. The lowest BCUT2D eigenvalue weighted by molar-refractivity contribution is -0.137. The summed E-state index contributed by atoms with van der Waals surface area (Å²) in [5.74, 6) is -0.359. The van der Waals surface area contributed by atoms with Crippen LogP contribution < -0.4 is 10.6 Å². The van der Waals surface area contributed by atoms with Gasteiger partial charge >= 0.3 is 6.18 Å². The molecule has 1 aliphatic rings. The van der Waals surface area contributed by atoms with Gasteiger partial charge in [-0.3, -0.25) is 4.79 Å². The number of hydrogen-bond donors (Lipinski definition) is 2. The van der Waals surface area contributed by atoms with Gasteiger partial charge in [0.05, 0.1) is 21.2 Å². The Morgan fingerprint density at radius 1 is 1.03 bits per heavy atom. The van der Waals surface area contributed by atoms with Gasteiger partial charge in [-0.05, 0) is 59.9 Å². The molecule has 0 saturated heterocycles. The summed E-state index contributed by atoms with van der Waals surface area (Å²) in [5, 5.41) is 5.96. The maximum absolute atomic E-state index is 12.8. The third kappa shape index (κ3) is 6.24. The number of amides is 1. The average Bonchev–Trinajstić information content (AvgIpc) is 3.47. The Morgan fingerprint density at radius 3 is 2.34 bits per heavy atom. The molecule has 1 saturated carbocycles. The molecule has 1 aromatic heterocycles. The van der Waals surface area contributed by atoms with Crippen LogP contribution in [-0.2, 0) is 27.4 Å². The predicted octanol–water partition coefficient (Wildman–Crippen LogP) is 5.30.